The lowest BCUT2D eigenvalue weighted by Gasteiger charge is -2.35. The van der Waals surface area contributed by atoms with Crippen LogP contribution in [0.25, 0.3) is 0 Å². The highest BCUT2D eigenvalue weighted by Gasteiger charge is 2.72. The fraction of sp³-hybridized carbons (Fsp3) is 0.200. The zero-order chi connectivity index (χ0) is 19.2. The SMILES string of the molecule is Oc1ccc(C(F)(c2ccc(O)c(F)c2)C(F)(F)C(F)(F)F)cc1F. The lowest BCUT2D eigenvalue weighted by molar-refractivity contribution is -0.323. The molecular weight excluding hydrogens is 364 g/mol. The second kappa shape index (κ2) is 5.78. The highest BCUT2D eigenvalue weighted by Crippen LogP contribution is 2.54. The third-order valence-electron chi connectivity index (χ3n) is 3.48. The number of rotatable bonds is 3. The smallest absolute Gasteiger partial charge is 0.457 e. The zero-order valence-corrected chi connectivity index (χ0v) is 11.9. The van der Waals surface area contributed by atoms with E-state index in [-0.39, 0.29) is 12.1 Å². The Morgan fingerprint density at radius 1 is 0.640 bits per heavy atom. The van der Waals surface area contributed by atoms with Crippen LogP contribution in [0.5, 0.6) is 11.5 Å². The van der Waals surface area contributed by atoms with Gasteiger partial charge in [-0.05, 0) is 24.3 Å². The van der Waals surface area contributed by atoms with E-state index in [4.69, 9.17) is 10.2 Å². The molecule has 25 heavy (non-hydrogen) atoms. The first-order chi connectivity index (χ1) is 11.3. The topological polar surface area (TPSA) is 40.5 Å². The minimum atomic E-state index is -6.41. The second-order valence-electron chi connectivity index (χ2n) is 5.06. The Morgan fingerprint density at radius 3 is 1.28 bits per heavy atom. The van der Waals surface area contributed by atoms with Crippen molar-refractivity contribution in [3.05, 3.63) is 59.2 Å². The van der Waals surface area contributed by atoms with Gasteiger partial charge in [0.2, 0.25) is 5.67 Å². The van der Waals surface area contributed by atoms with Gasteiger partial charge in [-0.3, -0.25) is 0 Å². The normalized spacial score (nSPS) is 13.1. The van der Waals surface area contributed by atoms with E-state index in [0.717, 1.165) is 0 Å². The van der Waals surface area contributed by atoms with Crippen molar-refractivity contribution in [2.24, 2.45) is 0 Å². The average molecular weight is 372 g/mol. The third-order valence-corrected chi connectivity index (χ3v) is 3.48. The maximum absolute atomic E-state index is 15.2. The van der Waals surface area contributed by atoms with Crippen LogP contribution in [0.2, 0.25) is 0 Å². The number of benzene rings is 2. The highest BCUT2D eigenvalue weighted by atomic mass is 19.4. The van der Waals surface area contributed by atoms with Crippen LogP contribution in [-0.2, 0) is 5.67 Å². The largest absolute Gasteiger partial charge is 0.505 e. The lowest BCUT2D eigenvalue weighted by atomic mass is 9.82. The highest BCUT2D eigenvalue weighted by molar-refractivity contribution is 5.44. The summed E-state index contributed by atoms with van der Waals surface area (Å²) in [5, 5.41) is 18.0. The molecular formula is C15H8F8O2. The van der Waals surface area contributed by atoms with E-state index in [1.807, 2.05) is 0 Å². The Morgan fingerprint density at radius 2 is 1.00 bits per heavy atom. The molecule has 0 fully saturated rings. The maximum Gasteiger partial charge on any atom is 0.457 e. The van der Waals surface area contributed by atoms with Gasteiger partial charge in [-0.15, -0.1) is 0 Å². The van der Waals surface area contributed by atoms with Gasteiger partial charge < -0.3 is 10.2 Å². The lowest BCUT2D eigenvalue weighted by Crippen LogP contribution is -2.53. The van der Waals surface area contributed by atoms with Crippen LogP contribution in [0.3, 0.4) is 0 Å². The Balaban J connectivity index is 2.83. The molecule has 0 amide bonds. The molecule has 0 unspecified atom stereocenters. The van der Waals surface area contributed by atoms with Gasteiger partial charge in [-0.1, -0.05) is 12.1 Å². The minimum Gasteiger partial charge on any atom is -0.505 e. The Bertz CT molecular complexity index is 749. The molecule has 2 rings (SSSR count). The molecule has 0 radical (unpaired) electrons. The maximum atomic E-state index is 15.2. The monoisotopic (exact) mass is 372 g/mol. The molecule has 2 N–H and O–H groups in total. The average Bonchev–Trinajstić information content (AvgIpc) is 2.50. The van der Waals surface area contributed by atoms with Crippen LogP contribution in [0.1, 0.15) is 11.1 Å². The van der Waals surface area contributed by atoms with E-state index < -0.39 is 52.0 Å². The predicted molar refractivity (Wildman–Crippen MR) is 69.0 cm³/mol. The number of aromatic hydroxyl groups is 2. The molecule has 0 bridgehead atoms. The first-order valence-electron chi connectivity index (χ1n) is 6.44. The van der Waals surface area contributed by atoms with Gasteiger partial charge >= 0.3 is 12.1 Å². The summed E-state index contributed by atoms with van der Waals surface area (Å²) in [5.41, 5.74) is -7.74. The molecule has 0 aliphatic rings. The first kappa shape index (κ1) is 18.8. The van der Waals surface area contributed by atoms with Crippen molar-refractivity contribution in [1.29, 1.82) is 0 Å². The molecule has 0 saturated carbocycles. The van der Waals surface area contributed by atoms with E-state index in [1.54, 1.807) is 0 Å². The number of halogens is 8. The number of phenolic OH excluding ortho intramolecular Hbond substituents is 2. The number of phenols is 2. The number of alkyl halides is 6. The van der Waals surface area contributed by atoms with Crippen LogP contribution >= 0.6 is 0 Å². The quantitative estimate of drug-likeness (QED) is 0.761. The van der Waals surface area contributed by atoms with Crippen molar-refractivity contribution >= 4 is 0 Å². The summed E-state index contributed by atoms with van der Waals surface area (Å²) in [6.07, 6.45) is -6.41. The molecule has 0 aromatic heterocycles. The Hall–Kier alpha value is -2.52. The van der Waals surface area contributed by atoms with Crippen molar-refractivity contribution in [1.82, 2.24) is 0 Å². The molecule has 2 aromatic rings. The predicted octanol–water partition coefficient (Wildman–Crippen LogP) is 4.79. The van der Waals surface area contributed by atoms with Gasteiger partial charge in [0.25, 0.3) is 0 Å². The van der Waals surface area contributed by atoms with Crippen LogP contribution in [0, 0.1) is 11.6 Å². The van der Waals surface area contributed by atoms with Crippen LogP contribution < -0.4 is 0 Å². The molecule has 0 spiro atoms. The van der Waals surface area contributed by atoms with Crippen molar-refractivity contribution in [3.8, 4) is 11.5 Å². The Labute approximate surface area is 134 Å². The van der Waals surface area contributed by atoms with Crippen LogP contribution in [0.4, 0.5) is 35.1 Å². The van der Waals surface area contributed by atoms with Gasteiger partial charge in [0.05, 0.1) is 0 Å². The van der Waals surface area contributed by atoms with Gasteiger partial charge in [0, 0.05) is 11.1 Å². The van der Waals surface area contributed by atoms with E-state index in [9.17, 15) is 30.7 Å². The molecule has 2 nitrogen and oxygen atoms in total. The molecule has 0 aliphatic heterocycles. The van der Waals surface area contributed by atoms with Gasteiger partial charge in [0.1, 0.15) is 0 Å². The molecule has 136 valence electrons. The van der Waals surface area contributed by atoms with E-state index >= 15 is 4.39 Å². The van der Waals surface area contributed by atoms with E-state index in [2.05, 4.69) is 0 Å². The summed E-state index contributed by atoms with van der Waals surface area (Å²) >= 11 is 0. The zero-order valence-electron chi connectivity index (χ0n) is 11.9. The first-order valence-corrected chi connectivity index (χ1v) is 6.44. The Kier molecular flexibility index (Phi) is 4.35. The van der Waals surface area contributed by atoms with Crippen molar-refractivity contribution < 1.29 is 45.3 Å². The van der Waals surface area contributed by atoms with E-state index in [1.165, 1.54) is 0 Å². The summed E-state index contributed by atoms with van der Waals surface area (Å²) in [6.45, 7) is 0. The fourth-order valence-electron chi connectivity index (χ4n) is 2.17. The van der Waals surface area contributed by atoms with Gasteiger partial charge in [-0.25, -0.2) is 13.2 Å². The number of hydrogen-bond donors (Lipinski definition) is 2. The molecule has 0 atom stereocenters. The summed E-state index contributed by atoms with van der Waals surface area (Å²) in [7, 11) is 0. The molecule has 2 aromatic carbocycles. The summed E-state index contributed by atoms with van der Waals surface area (Å²) < 4.78 is 108. The third kappa shape index (κ3) is 2.85. The minimum absolute atomic E-state index is 0.0558. The van der Waals surface area contributed by atoms with Crippen LogP contribution in [-0.4, -0.2) is 22.3 Å². The molecule has 0 aliphatic carbocycles. The van der Waals surface area contributed by atoms with Gasteiger partial charge in [0.15, 0.2) is 23.1 Å². The molecule has 0 saturated heterocycles. The fourth-order valence-corrected chi connectivity index (χ4v) is 2.17. The molecule has 10 heteroatoms. The number of hydrogen-bond acceptors (Lipinski definition) is 2. The van der Waals surface area contributed by atoms with E-state index in [0.29, 0.717) is 24.3 Å². The summed E-state index contributed by atoms with van der Waals surface area (Å²) in [6, 6.07) is 1.26. The van der Waals surface area contributed by atoms with Crippen molar-refractivity contribution in [3.63, 3.8) is 0 Å². The summed E-state index contributed by atoms with van der Waals surface area (Å²) in [4.78, 5) is 0. The van der Waals surface area contributed by atoms with Gasteiger partial charge in [-0.2, -0.15) is 22.0 Å². The standard InChI is InChI=1S/C15H8F8O2/c16-9-5-7(1-3-11(9)24)13(18,14(19,20)15(21,22)23)8-2-4-12(25)10(17)6-8/h1-6,24-25H. The van der Waals surface area contributed by atoms with Crippen molar-refractivity contribution in [2.75, 3.05) is 0 Å². The summed E-state index contributed by atoms with van der Waals surface area (Å²) in [5.74, 6) is -11.6. The second-order valence-corrected chi connectivity index (χ2v) is 5.06. The van der Waals surface area contributed by atoms with Crippen LogP contribution in [0.15, 0.2) is 36.4 Å². The van der Waals surface area contributed by atoms with Crippen molar-refractivity contribution in [2.45, 2.75) is 17.8 Å². The molecule has 0 heterocycles.